The highest BCUT2D eigenvalue weighted by Crippen LogP contribution is 2.32. The highest BCUT2D eigenvalue weighted by atomic mass is 16.5. The molecule has 2 aromatic carbocycles. The number of nitrogens with zero attached hydrogens (tertiary/aromatic N) is 1. The molecule has 0 atom stereocenters. The van der Waals surface area contributed by atoms with Crippen LogP contribution in [-0.4, -0.2) is 20.1 Å². The van der Waals surface area contributed by atoms with Crippen LogP contribution in [0.4, 0.5) is 5.69 Å². The van der Waals surface area contributed by atoms with Crippen molar-refractivity contribution in [2.45, 2.75) is 6.92 Å². The molecule has 3 rings (SSSR count). The Morgan fingerprint density at radius 3 is 2.35 bits per heavy atom. The Kier molecular flexibility index (Phi) is 4.63. The number of ether oxygens (including phenoxy) is 1. The first-order valence-electron chi connectivity index (χ1n) is 8.10. The van der Waals surface area contributed by atoms with E-state index in [1.54, 1.807) is 24.3 Å². The van der Waals surface area contributed by atoms with Gasteiger partial charge >= 0.3 is 5.97 Å². The van der Waals surface area contributed by atoms with Crippen LogP contribution in [0, 0.1) is 0 Å². The van der Waals surface area contributed by atoms with E-state index in [1.165, 1.54) is 6.92 Å². The van der Waals surface area contributed by atoms with Gasteiger partial charge in [-0.25, -0.2) is 4.79 Å². The zero-order valence-electron chi connectivity index (χ0n) is 14.9. The largest absolute Gasteiger partial charge is 0.452 e. The van der Waals surface area contributed by atoms with Gasteiger partial charge in [-0.1, -0.05) is 18.7 Å². The lowest BCUT2D eigenvalue weighted by molar-refractivity contribution is -0.130. The van der Waals surface area contributed by atoms with E-state index in [9.17, 15) is 9.59 Å². The summed E-state index contributed by atoms with van der Waals surface area (Å²) in [6.07, 6.45) is 0. The second-order valence-corrected chi connectivity index (χ2v) is 6.20. The molecule has 0 unspecified atom stereocenters. The van der Waals surface area contributed by atoms with Gasteiger partial charge < -0.3 is 14.1 Å². The molecule has 5 heteroatoms. The molecule has 0 aliphatic carbocycles. The van der Waals surface area contributed by atoms with Gasteiger partial charge in [0.2, 0.25) is 11.2 Å². The quantitative estimate of drug-likeness (QED) is 0.526. The number of carbonyl (C=O) groups is 1. The van der Waals surface area contributed by atoms with E-state index >= 15 is 0 Å². The lowest BCUT2D eigenvalue weighted by Crippen LogP contribution is -2.16. The molecule has 5 nitrogen and oxygen atoms in total. The zero-order chi connectivity index (χ0) is 18.8. The number of fused-ring (bicyclic) bond motifs is 1. The molecule has 1 aromatic heterocycles. The maximum atomic E-state index is 12.9. The Hall–Kier alpha value is -3.34. The van der Waals surface area contributed by atoms with E-state index in [4.69, 9.17) is 9.15 Å². The Bertz CT molecular complexity index is 1050. The topological polar surface area (TPSA) is 59.8 Å². The maximum Gasteiger partial charge on any atom is 0.338 e. The third-order valence-electron chi connectivity index (χ3n) is 3.95. The predicted molar refractivity (Wildman–Crippen MR) is 103 cm³/mol. The molecule has 0 bridgehead atoms. The summed E-state index contributed by atoms with van der Waals surface area (Å²) >= 11 is 0. The summed E-state index contributed by atoms with van der Waals surface area (Å²) in [4.78, 5) is 26.9. The van der Waals surface area contributed by atoms with E-state index in [1.807, 2.05) is 43.3 Å². The average molecular weight is 349 g/mol. The van der Waals surface area contributed by atoms with Gasteiger partial charge in [0.15, 0.2) is 5.76 Å². The average Bonchev–Trinajstić information content (AvgIpc) is 2.63. The first-order chi connectivity index (χ1) is 12.4. The van der Waals surface area contributed by atoms with Crippen LogP contribution in [0.1, 0.15) is 6.92 Å². The van der Waals surface area contributed by atoms with Crippen LogP contribution in [0.25, 0.3) is 22.3 Å². The minimum atomic E-state index is -0.668. The molecular formula is C21H19NO4. The first-order valence-corrected chi connectivity index (χ1v) is 8.10. The van der Waals surface area contributed by atoms with Gasteiger partial charge in [-0.2, -0.15) is 0 Å². The molecule has 1 heterocycles. The molecule has 0 fully saturated rings. The van der Waals surface area contributed by atoms with Crippen molar-refractivity contribution >= 4 is 22.6 Å². The SMILES string of the molecule is C=C(C)C(=O)Oc1c(-c2ccc(N(C)C)cc2)oc2ccccc2c1=O. The molecule has 0 radical (unpaired) electrons. The number of carbonyl (C=O) groups excluding carboxylic acids is 1. The summed E-state index contributed by atoms with van der Waals surface area (Å²) in [6, 6.07) is 14.3. The Labute approximate surface area is 151 Å². The summed E-state index contributed by atoms with van der Waals surface area (Å²) in [5.41, 5.74) is 1.87. The van der Waals surface area contributed by atoms with Crippen molar-refractivity contribution in [2.75, 3.05) is 19.0 Å². The Morgan fingerprint density at radius 1 is 1.08 bits per heavy atom. The lowest BCUT2D eigenvalue weighted by atomic mass is 10.1. The van der Waals surface area contributed by atoms with Gasteiger partial charge in [-0.05, 0) is 43.3 Å². The number of hydrogen-bond acceptors (Lipinski definition) is 5. The van der Waals surface area contributed by atoms with Gasteiger partial charge in [0.25, 0.3) is 0 Å². The number of para-hydroxylation sites is 1. The molecule has 0 N–H and O–H groups in total. The molecule has 0 saturated carbocycles. The first kappa shape index (κ1) is 17.5. The van der Waals surface area contributed by atoms with Crippen molar-refractivity contribution in [1.82, 2.24) is 0 Å². The van der Waals surface area contributed by atoms with Gasteiger partial charge in [-0.15, -0.1) is 0 Å². The number of anilines is 1. The van der Waals surface area contributed by atoms with Crippen LogP contribution in [-0.2, 0) is 4.79 Å². The fourth-order valence-corrected chi connectivity index (χ4v) is 2.50. The third-order valence-corrected chi connectivity index (χ3v) is 3.95. The number of hydrogen-bond donors (Lipinski definition) is 0. The van der Waals surface area contributed by atoms with Crippen LogP contribution in [0.3, 0.4) is 0 Å². The smallest absolute Gasteiger partial charge is 0.338 e. The molecule has 3 aromatic rings. The monoisotopic (exact) mass is 349 g/mol. The van der Waals surface area contributed by atoms with Gasteiger partial charge in [0.05, 0.1) is 5.39 Å². The highest BCUT2D eigenvalue weighted by Gasteiger charge is 2.20. The minimum absolute atomic E-state index is 0.130. The van der Waals surface area contributed by atoms with Crippen LogP contribution in [0.2, 0.25) is 0 Å². The number of esters is 1. The fourth-order valence-electron chi connectivity index (χ4n) is 2.50. The summed E-state index contributed by atoms with van der Waals surface area (Å²) < 4.78 is 11.2. The van der Waals surface area contributed by atoms with Crippen LogP contribution in [0.15, 0.2) is 69.9 Å². The van der Waals surface area contributed by atoms with E-state index in [0.29, 0.717) is 16.5 Å². The van der Waals surface area contributed by atoms with E-state index in [0.717, 1.165) is 5.69 Å². The molecule has 26 heavy (non-hydrogen) atoms. The van der Waals surface area contributed by atoms with Crippen LogP contribution in [0.5, 0.6) is 5.75 Å². The highest BCUT2D eigenvalue weighted by molar-refractivity contribution is 5.91. The Morgan fingerprint density at radius 2 is 1.73 bits per heavy atom. The van der Waals surface area contributed by atoms with Crippen molar-refractivity contribution in [3.63, 3.8) is 0 Å². The second-order valence-electron chi connectivity index (χ2n) is 6.20. The number of benzene rings is 2. The predicted octanol–water partition coefficient (Wildman–Crippen LogP) is 4.01. The van der Waals surface area contributed by atoms with Crippen molar-refractivity contribution in [1.29, 1.82) is 0 Å². The molecular weight excluding hydrogens is 330 g/mol. The molecule has 0 saturated heterocycles. The number of rotatable bonds is 4. The molecule has 0 aliphatic heterocycles. The van der Waals surface area contributed by atoms with E-state index < -0.39 is 11.4 Å². The Balaban J connectivity index is 2.23. The zero-order valence-corrected chi connectivity index (χ0v) is 14.9. The van der Waals surface area contributed by atoms with E-state index in [2.05, 4.69) is 6.58 Å². The maximum absolute atomic E-state index is 12.9. The summed E-state index contributed by atoms with van der Waals surface area (Å²) in [5.74, 6) is -0.582. The second kappa shape index (κ2) is 6.88. The van der Waals surface area contributed by atoms with Crippen molar-refractivity contribution < 1.29 is 13.9 Å². The standard InChI is InChI=1S/C21H19NO4/c1-13(2)21(24)26-20-18(23)16-7-5-6-8-17(16)25-19(20)14-9-11-15(12-10-14)22(3)4/h5-12H,1H2,2-4H3. The molecule has 0 spiro atoms. The van der Waals surface area contributed by atoms with Gasteiger partial charge in [0, 0.05) is 30.9 Å². The van der Waals surface area contributed by atoms with Gasteiger partial charge in [0.1, 0.15) is 5.58 Å². The van der Waals surface area contributed by atoms with Crippen molar-refractivity contribution in [3.8, 4) is 17.1 Å². The molecule has 132 valence electrons. The van der Waals surface area contributed by atoms with Gasteiger partial charge in [-0.3, -0.25) is 4.79 Å². The normalized spacial score (nSPS) is 10.6. The third kappa shape index (κ3) is 3.24. The van der Waals surface area contributed by atoms with E-state index in [-0.39, 0.29) is 17.1 Å². The molecule has 0 amide bonds. The summed E-state index contributed by atoms with van der Waals surface area (Å²) in [6.45, 7) is 5.09. The summed E-state index contributed by atoms with van der Waals surface area (Å²) in [7, 11) is 3.87. The van der Waals surface area contributed by atoms with Crippen LogP contribution < -0.4 is 15.1 Å². The molecule has 0 aliphatic rings. The summed E-state index contributed by atoms with van der Waals surface area (Å²) in [5, 5.41) is 0.352. The fraction of sp³-hybridized carbons (Fsp3) is 0.143. The van der Waals surface area contributed by atoms with Crippen molar-refractivity contribution in [3.05, 3.63) is 70.9 Å². The van der Waals surface area contributed by atoms with Crippen LogP contribution >= 0.6 is 0 Å². The minimum Gasteiger partial charge on any atom is -0.452 e. The van der Waals surface area contributed by atoms with Crippen molar-refractivity contribution in [2.24, 2.45) is 0 Å². The lowest BCUT2D eigenvalue weighted by Gasteiger charge is -2.14.